The molecule has 0 radical (unpaired) electrons. The van der Waals surface area contributed by atoms with E-state index in [0.29, 0.717) is 12.8 Å². The molecule has 6 heteroatoms. The van der Waals surface area contributed by atoms with Gasteiger partial charge in [0.05, 0.1) is 6.04 Å². The van der Waals surface area contributed by atoms with Crippen molar-refractivity contribution in [1.29, 1.82) is 0 Å². The van der Waals surface area contributed by atoms with Gasteiger partial charge in [-0.2, -0.15) is 0 Å². The lowest BCUT2D eigenvalue weighted by Crippen LogP contribution is -2.30. The number of rotatable bonds is 5. The fourth-order valence-electron chi connectivity index (χ4n) is 3.63. The van der Waals surface area contributed by atoms with Crippen LogP contribution in [0.2, 0.25) is 0 Å². The molecule has 1 amide bonds. The second-order valence-corrected chi connectivity index (χ2v) is 7.43. The lowest BCUT2D eigenvalue weighted by atomic mass is 10.0. The maximum atomic E-state index is 13.2. The highest BCUT2D eigenvalue weighted by atomic mass is 32.2. The van der Waals surface area contributed by atoms with Crippen molar-refractivity contribution in [2.24, 2.45) is 0 Å². The van der Waals surface area contributed by atoms with E-state index in [-0.39, 0.29) is 17.8 Å². The van der Waals surface area contributed by atoms with E-state index in [4.69, 9.17) is 0 Å². The van der Waals surface area contributed by atoms with Gasteiger partial charge in [-0.15, -0.1) is 0 Å². The number of hydrogen-bond acceptors (Lipinski definition) is 4. The summed E-state index contributed by atoms with van der Waals surface area (Å²) < 4.78 is 13.2. The molecule has 2 aromatic rings. The van der Waals surface area contributed by atoms with E-state index in [1.54, 1.807) is 12.1 Å². The van der Waals surface area contributed by atoms with Crippen LogP contribution in [0.3, 0.4) is 0 Å². The van der Waals surface area contributed by atoms with E-state index in [1.165, 1.54) is 23.9 Å². The number of likely N-dealkylation sites (tertiary alicyclic amines) is 1. The van der Waals surface area contributed by atoms with Gasteiger partial charge in [0.2, 0.25) is 5.91 Å². The van der Waals surface area contributed by atoms with Gasteiger partial charge in [0.25, 0.3) is 0 Å². The Morgan fingerprint density at radius 1 is 1.23 bits per heavy atom. The summed E-state index contributed by atoms with van der Waals surface area (Å²) in [7, 11) is 0. The number of aryl methyl sites for hydroxylation is 2. The summed E-state index contributed by atoms with van der Waals surface area (Å²) in [6.45, 7) is 4.72. The highest BCUT2D eigenvalue weighted by Crippen LogP contribution is 2.32. The van der Waals surface area contributed by atoms with Crippen molar-refractivity contribution in [3.8, 4) is 0 Å². The maximum absolute atomic E-state index is 13.2. The van der Waals surface area contributed by atoms with Gasteiger partial charge in [-0.25, -0.2) is 14.4 Å². The van der Waals surface area contributed by atoms with Crippen molar-refractivity contribution >= 4 is 17.7 Å². The molecule has 0 aliphatic carbocycles. The zero-order valence-electron chi connectivity index (χ0n) is 15.5. The Morgan fingerprint density at radius 2 is 1.88 bits per heavy atom. The van der Waals surface area contributed by atoms with Crippen LogP contribution in [0.1, 0.15) is 47.8 Å². The van der Waals surface area contributed by atoms with Crippen molar-refractivity contribution in [2.45, 2.75) is 50.7 Å². The van der Waals surface area contributed by atoms with Gasteiger partial charge in [-0.05, 0) is 62.6 Å². The molecule has 3 rings (SSSR count). The second kappa shape index (κ2) is 8.16. The summed E-state index contributed by atoms with van der Waals surface area (Å²) in [6.07, 6.45) is 4.97. The Kier molecular flexibility index (Phi) is 5.91. The third kappa shape index (κ3) is 4.06. The van der Waals surface area contributed by atoms with Gasteiger partial charge in [0, 0.05) is 24.4 Å². The van der Waals surface area contributed by atoms with E-state index < -0.39 is 0 Å². The van der Waals surface area contributed by atoms with Crippen LogP contribution in [0, 0.1) is 19.7 Å². The number of benzene rings is 1. The first kappa shape index (κ1) is 18.8. The molecule has 0 bridgehead atoms. The minimum Gasteiger partial charge on any atom is -0.336 e. The molecule has 1 unspecified atom stereocenters. The summed E-state index contributed by atoms with van der Waals surface area (Å²) in [6, 6.07) is 6.56. The summed E-state index contributed by atoms with van der Waals surface area (Å²) in [4.78, 5) is 23.7. The number of halogens is 1. The average molecular weight is 373 g/mol. The van der Waals surface area contributed by atoms with Crippen LogP contribution in [-0.4, -0.2) is 33.6 Å². The van der Waals surface area contributed by atoms with Crippen LogP contribution in [0.4, 0.5) is 4.39 Å². The standard InChI is InChI=1S/C20H24FN3OS/c1-13-17(14(2)23-20(22-13)26-3)10-11-19(25)24-12-4-5-18(24)15-6-8-16(21)9-7-15/h6-9,18H,4-5,10-12H2,1-3H3. The molecule has 1 aliphatic rings. The largest absolute Gasteiger partial charge is 0.336 e. The van der Waals surface area contributed by atoms with Gasteiger partial charge < -0.3 is 4.90 Å². The first-order valence-corrected chi connectivity index (χ1v) is 10.1. The van der Waals surface area contributed by atoms with Crippen molar-refractivity contribution < 1.29 is 9.18 Å². The lowest BCUT2D eigenvalue weighted by molar-refractivity contribution is -0.132. The molecule has 2 heterocycles. The molecular formula is C20H24FN3OS. The lowest BCUT2D eigenvalue weighted by Gasteiger charge is -2.25. The van der Waals surface area contributed by atoms with Gasteiger partial charge >= 0.3 is 0 Å². The van der Waals surface area contributed by atoms with Gasteiger partial charge in [-0.1, -0.05) is 23.9 Å². The van der Waals surface area contributed by atoms with E-state index >= 15 is 0 Å². The molecule has 1 saturated heterocycles. The fraction of sp³-hybridized carbons (Fsp3) is 0.450. The number of carbonyl (C=O) groups is 1. The molecule has 0 spiro atoms. The minimum absolute atomic E-state index is 0.0559. The smallest absolute Gasteiger partial charge is 0.223 e. The number of hydrogen-bond donors (Lipinski definition) is 0. The zero-order chi connectivity index (χ0) is 18.7. The predicted octanol–water partition coefficient (Wildman–Crippen LogP) is 4.25. The van der Waals surface area contributed by atoms with Crippen LogP contribution in [0.5, 0.6) is 0 Å². The SMILES string of the molecule is CSc1nc(C)c(CCC(=O)N2CCCC2c2ccc(F)cc2)c(C)n1. The quantitative estimate of drug-likeness (QED) is 0.581. The van der Waals surface area contributed by atoms with E-state index in [2.05, 4.69) is 9.97 Å². The Balaban J connectivity index is 1.69. The molecule has 1 aromatic carbocycles. The van der Waals surface area contributed by atoms with E-state index in [1.807, 2.05) is 25.0 Å². The number of nitrogens with zero attached hydrogens (tertiary/aromatic N) is 3. The number of amides is 1. The Bertz CT molecular complexity index is 771. The highest BCUT2D eigenvalue weighted by molar-refractivity contribution is 7.98. The average Bonchev–Trinajstić information content (AvgIpc) is 3.11. The zero-order valence-corrected chi connectivity index (χ0v) is 16.3. The molecule has 1 atom stereocenters. The van der Waals surface area contributed by atoms with Crippen molar-refractivity contribution in [3.05, 3.63) is 52.6 Å². The molecule has 1 aromatic heterocycles. The maximum Gasteiger partial charge on any atom is 0.223 e. The third-order valence-electron chi connectivity index (χ3n) is 5.00. The normalized spacial score (nSPS) is 16.9. The molecule has 1 fully saturated rings. The summed E-state index contributed by atoms with van der Waals surface area (Å²) in [5.74, 6) is -0.103. The molecule has 1 aliphatic heterocycles. The summed E-state index contributed by atoms with van der Waals surface area (Å²) >= 11 is 1.53. The van der Waals surface area contributed by atoms with Crippen LogP contribution >= 0.6 is 11.8 Å². The van der Waals surface area contributed by atoms with Crippen LogP contribution < -0.4 is 0 Å². The highest BCUT2D eigenvalue weighted by Gasteiger charge is 2.29. The van der Waals surface area contributed by atoms with Crippen LogP contribution in [0.15, 0.2) is 29.4 Å². The molecular weight excluding hydrogens is 349 g/mol. The van der Waals surface area contributed by atoms with Gasteiger partial charge in [0.1, 0.15) is 5.82 Å². The Morgan fingerprint density at radius 3 is 2.50 bits per heavy atom. The number of carbonyl (C=O) groups excluding carboxylic acids is 1. The van der Waals surface area contributed by atoms with Gasteiger partial charge in [-0.3, -0.25) is 4.79 Å². The van der Waals surface area contributed by atoms with Crippen molar-refractivity contribution in [3.63, 3.8) is 0 Å². The topological polar surface area (TPSA) is 46.1 Å². The first-order valence-electron chi connectivity index (χ1n) is 8.92. The predicted molar refractivity (Wildman–Crippen MR) is 102 cm³/mol. The Labute approximate surface area is 158 Å². The number of thioether (sulfide) groups is 1. The van der Waals surface area contributed by atoms with Crippen LogP contribution in [-0.2, 0) is 11.2 Å². The van der Waals surface area contributed by atoms with Gasteiger partial charge in [0.15, 0.2) is 5.16 Å². The molecule has 0 saturated carbocycles. The molecule has 26 heavy (non-hydrogen) atoms. The third-order valence-corrected chi connectivity index (χ3v) is 5.55. The molecule has 4 nitrogen and oxygen atoms in total. The Hall–Kier alpha value is -1.95. The monoisotopic (exact) mass is 373 g/mol. The first-order chi connectivity index (χ1) is 12.5. The summed E-state index contributed by atoms with van der Waals surface area (Å²) in [5.41, 5.74) is 3.98. The number of aromatic nitrogens is 2. The molecule has 0 N–H and O–H groups in total. The van der Waals surface area contributed by atoms with E-state index in [9.17, 15) is 9.18 Å². The van der Waals surface area contributed by atoms with Crippen LogP contribution in [0.25, 0.3) is 0 Å². The second-order valence-electron chi connectivity index (χ2n) is 6.66. The summed E-state index contributed by atoms with van der Waals surface area (Å²) in [5, 5.41) is 0.769. The minimum atomic E-state index is -0.246. The van der Waals surface area contributed by atoms with E-state index in [0.717, 1.165) is 47.1 Å². The molecule has 138 valence electrons. The fourth-order valence-corrected chi connectivity index (χ4v) is 4.09. The van der Waals surface area contributed by atoms with Crippen molar-refractivity contribution in [2.75, 3.05) is 12.8 Å². The van der Waals surface area contributed by atoms with Crippen molar-refractivity contribution in [1.82, 2.24) is 14.9 Å².